The number of piperidine rings is 1. The van der Waals surface area contributed by atoms with Gasteiger partial charge < -0.3 is 19.3 Å². The average molecular weight is 346 g/mol. The van der Waals surface area contributed by atoms with E-state index in [1.807, 2.05) is 4.90 Å². The van der Waals surface area contributed by atoms with Crippen molar-refractivity contribution in [2.45, 2.75) is 44.3 Å². The molecule has 1 amide bonds. The second-order valence-corrected chi connectivity index (χ2v) is 7.04. The molecular formula is C18H26N4O3. The highest BCUT2D eigenvalue weighted by molar-refractivity contribution is 5.92. The molecule has 25 heavy (non-hydrogen) atoms. The van der Waals surface area contributed by atoms with E-state index in [1.165, 1.54) is 12.8 Å². The number of aromatic nitrogens is 2. The van der Waals surface area contributed by atoms with Crippen LogP contribution in [-0.4, -0.2) is 66.0 Å². The SMILES string of the molecule is O=C(c1ccnc(N2CCC3(CC2)OCCO3)n1)N1CCCCCC1. The highest BCUT2D eigenvalue weighted by atomic mass is 16.7. The molecule has 0 unspecified atom stereocenters. The van der Waals surface area contributed by atoms with Gasteiger partial charge in [-0.05, 0) is 18.9 Å². The summed E-state index contributed by atoms with van der Waals surface area (Å²) in [5.74, 6) is 0.255. The largest absolute Gasteiger partial charge is 0.347 e. The van der Waals surface area contributed by atoms with Crippen LogP contribution in [0.1, 0.15) is 49.0 Å². The minimum absolute atomic E-state index is 0.0292. The van der Waals surface area contributed by atoms with Gasteiger partial charge in [-0.15, -0.1) is 0 Å². The smallest absolute Gasteiger partial charge is 0.272 e. The molecule has 7 heteroatoms. The topological polar surface area (TPSA) is 67.8 Å². The van der Waals surface area contributed by atoms with Gasteiger partial charge in [0.05, 0.1) is 13.2 Å². The lowest BCUT2D eigenvalue weighted by Crippen LogP contribution is -2.45. The third-order valence-corrected chi connectivity index (χ3v) is 5.38. The highest BCUT2D eigenvalue weighted by Gasteiger charge is 2.40. The molecule has 3 aliphatic heterocycles. The molecule has 0 atom stereocenters. The summed E-state index contributed by atoms with van der Waals surface area (Å²) >= 11 is 0. The van der Waals surface area contributed by atoms with E-state index in [0.717, 1.165) is 51.9 Å². The Kier molecular flexibility index (Phi) is 4.85. The van der Waals surface area contributed by atoms with Crippen molar-refractivity contribution in [2.24, 2.45) is 0 Å². The molecule has 0 saturated carbocycles. The standard InChI is InChI=1S/C18H26N4O3/c23-16(21-9-3-1-2-4-10-21)15-5-8-19-17(20-15)22-11-6-18(7-12-22)24-13-14-25-18/h5,8H,1-4,6-7,9-14H2. The molecular weight excluding hydrogens is 320 g/mol. The Hall–Kier alpha value is -1.73. The summed E-state index contributed by atoms with van der Waals surface area (Å²) < 4.78 is 11.5. The molecule has 7 nitrogen and oxygen atoms in total. The zero-order chi connectivity index (χ0) is 17.1. The van der Waals surface area contributed by atoms with Crippen LogP contribution in [0.3, 0.4) is 0 Å². The van der Waals surface area contributed by atoms with E-state index in [0.29, 0.717) is 24.9 Å². The monoisotopic (exact) mass is 346 g/mol. The second-order valence-electron chi connectivity index (χ2n) is 7.04. The Labute approximate surface area is 148 Å². The van der Waals surface area contributed by atoms with Gasteiger partial charge in [-0.25, -0.2) is 9.97 Å². The van der Waals surface area contributed by atoms with Crippen LogP contribution >= 0.6 is 0 Å². The Morgan fingerprint density at radius 1 is 1.00 bits per heavy atom. The predicted octanol–water partition coefficient (Wildman–Crippen LogP) is 1.84. The number of carbonyl (C=O) groups is 1. The summed E-state index contributed by atoms with van der Waals surface area (Å²) in [7, 11) is 0. The van der Waals surface area contributed by atoms with Gasteiger partial charge in [-0.2, -0.15) is 0 Å². The normalized spacial score (nSPS) is 23.7. The fraction of sp³-hybridized carbons (Fsp3) is 0.722. The minimum atomic E-state index is -0.407. The first-order valence-corrected chi connectivity index (χ1v) is 9.41. The molecule has 3 saturated heterocycles. The van der Waals surface area contributed by atoms with Crippen LogP contribution in [0.15, 0.2) is 12.3 Å². The number of carbonyl (C=O) groups excluding carboxylic acids is 1. The number of ether oxygens (including phenoxy) is 2. The van der Waals surface area contributed by atoms with E-state index in [4.69, 9.17) is 9.47 Å². The first-order chi connectivity index (χ1) is 12.3. The maximum absolute atomic E-state index is 12.8. The molecule has 4 heterocycles. The van der Waals surface area contributed by atoms with E-state index in [2.05, 4.69) is 14.9 Å². The molecule has 3 fully saturated rings. The molecule has 0 radical (unpaired) electrons. The fourth-order valence-corrected chi connectivity index (χ4v) is 3.89. The Balaban J connectivity index is 1.43. The lowest BCUT2D eigenvalue weighted by molar-refractivity contribution is -0.169. The molecule has 1 aromatic heterocycles. The number of hydrogen-bond donors (Lipinski definition) is 0. The fourth-order valence-electron chi connectivity index (χ4n) is 3.89. The van der Waals surface area contributed by atoms with Crippen LogP contribution in [-0.2, 0) is 9.47 Å². The zero-order valence-corrected chi connectivity index (χ0v) is 14.7. The average Bonchev–Trinajstić information content (AvgIpc) is 2.94. The summed E-state index contributed by atoms with van der Waals surface area (Å²) in [5, 5.41) is 0. The number of nitrogens with zero attached hydrogens (tertiary/aromatic N) is 4. The lowest BCUT2D eigenvalue weighted by atomic mass is 10.0. The van der Waals surface area contributed by atoms with Crippen molar-refractivity contribution < 1.29 is 14.3 Å². The van der Waals surface area contributed by atoms with Gasteiger partial charge in [-0.3, -0.25) is 4.79 Å². The van der Waals surface area contributed by atoms with Gasteiger partial charge >= 0.3 is 0 Å². The molecule has 0 bridgehead atoms. The van der Waals surface area contributed by atoms with Gasteiger partial charge in [0, 0.05) is 45.2 Å². The van der Waals surface area contributed by atoms with Crippen LogP contribution < -0.4 is 4.90 Å². The van der Waals surface area contributed by atoms with Crippen LogP contribution in [0.4, 0.5) is 5.95 Å². The van der Waals surface area contributed by atoms with Crippen molar-refractivity contribution in [3.05, 3.63) is 18.0 Å². The molecule has 0 aromatic carbocycles. The van der Waals surface area contributed by atoms with E-state index >= 15 is 0 Å². The van der Waals surface area contributed by atoms with Crippen molar-refractivity contribution in [2.75, 3.05) is 44.3 Å². The lowest BCUT2D eigenvalue weighted by Gasteiger charge is -2.37. The van der Waals surface area contributed by atoms with Crippen molar-refractivity contribution in [1.29, 1.82) is 0 Å². The third-order valence-electron chi connectivity index (χ3n) is 5.38. The summed E-state index contributed by atoms with van der Waals surface area (Å²) in [6, 6.07) is 1.73. The minimum Gasteiger partial charge on any atom is -0.347 e. The number of amides is 1. The van der Waals surface area contributed by atoms with Crippen LogP contribution in [0, 0.1) is 0 Å². The van der Waals surface area contributed by atoms with Gasteiger partial charge in [0.2, 0.25) is 5.95 Å². The van der Waals surface area contributed by atoms with Gasteiger partial charge in [-0.1, -0.05) is 12.8 Å². The van der Waals surface area contributed by atoms with E-state index < -0.39 is 5.79 Å². The third kappa shape index (κ3) is 3.62. The van der Waals surface area contributed by atoms with Crippen LogP contribution in [0.5, 0.6) is 0 Å². The summed E-state index contributed by atoms with van der Waals surface area (Å²) in [4.78, 5) is 25.8. The number of anilines is 1. The molecule has 0 aliphatic carbocycles. The Bertz CT molecular complexity index is 600. The second kappa shape index (κ2) is 7.25. The summed E-state index contributed by atoms with van der Waals surface area (Å²) in [6.45, 7) is 4.58. The zero-order valence-electron chi connectivity index (χ0n) is 14.7. The Morgan fingerprint density at radius 2 is 1.68 bits per heavy atom. The first-order valence-electron chi connectivity index (χ1n) is 9.41. The van der Waals surface area contributed by atoms with Crippen molar-refractivity contribution in [3.8, 4) is 0 Å². The molecule has 136 valence electrons. The molecule has 1 spiro atoms. The molecule has 1 aromatic rings. The molecule has 4 rings (SSSR count). The van der Waals surface area contributed by atoms with Crippen LogP contribution in [0.25, 0.3) is 0 Å². The van der Waals surface area contributed by atoms with Crippen LogP contribution in [0.2, 0.25) is 0 Å². The van der Waals surface area contributed by atoms with Gasteiger partial charge in [0.1, 0.15) is 5.69 Å². The van der Waals surface area contributed by atoms with E-state index in [1.54, 1.807) is 12.3 Å². The highest BCUT2D eigenvalue weighted by Crippen LogP contribution is 2.32. The van der Waals surface area contributed by atoms with Crippen molar-refractivity contribution >= 4 is 11.9 Å². The summed E-state index contributed by atoms with van der Waals surface area (Å²) in [6.07, 6.45) is 7.88. The Morgan fingerprint density at radius 3 is 2.36 bits per heavy atom. The maximum atomic E-state index is 12.8. The molecule has 3 aliphatic rings. The van der Waals surface area contributed by atoms with Gasteiger partial charge in [0.15, 0.2) is 5.79 Å². The summed E-state index contributed by atoms with van der Waals surface area (Å²) in [5.41, 5.74) is 0.501. The van der Waals surface area contributed by atoms with E-state index in [-0.39, 0.29) is 5.91 Å². The van der Waals surface area contributed by atoms with Crippen molar-refractivity contribution in [1.82, 2.24) is 14.9 Å². The first kappa shape index (κ1) is 16.7. The molecule has 0 N–H and O–H groups in total. The number of rotatable bonds is 2. The quantitative estimate of drug-likeness (QED) is 0.814. The van der Waals surface area contributed by atoms with Crippen molar-refractivity contribution in [3.63, 3.8) is 0 Å². The number of hydrogen-bond acceptors (Lipinski definition) is 6. The number of likely N-dealkylation sites (tertiary alicyclic amines) is 1. The maximum Gasteiger partial charge on any atom is 0.272 e. The van der Waals surface area contributed by atoms with E-state index in [9.17, 15) is 4.79 Å². The van der Waals surface area contributed by atoms with Gasteiger partial charge in [0.25, 0.3) is 5.91 Å². The predicted molar refractivity (Wildman–Crippen MR) is 92.5 cm³/mol.